The van der Waals surface area contributed by atoms with Crippen LogP contribution in [0, 0.1) is 6.92 Å². The molecule has 0 amide bonds. The van der Waals surface area contributed by atoms with Crippen molar-refractivity contribution in [2.75, 3.05) is 46.6 Å². The van der Waals surface area contributed by atoms with Gasteiger partial charge >= 0.3 is 11.9 Å². The molecule has 0 radical (unpaired) electrons. The molecule has 0 aliphatic heterocycles. The minimum Gasteiger partial charge on any atom is -0.491 e. The van der Waals surface area contributed by atoms with Gasteiger partial charge in [0.2, 0.25) is 0 Å². The second-order valence-corrected chi connectivity index (χ2v) is 4.63. The molecule has 1 rings (SSSR count). The lowest BCUT2D eigenvalue weighted by Crippen LogP contribution is -2.24. The number of carboxylic acids is 2. The summed E-state index contributed by atoms with van der Waals surface area (Å²) in [7, 11) is 1.70. The zero-order valence-corrected chi connectivity index (χ0v) is 14.0. The van der Waals surface area contributed by atoms with E-state index in [1.54, 1.807) is 7.11 Å². The fourth-order valence-electron chi connectivity index (χ4n) is 1.40. The highest BCUT2D eigenvalue weighted by molar-refractivity contribution is 6.27. The van der Waals surface area contributed by atoms with Crippen LogP contribution >= 0.6 is 0 Å². The Morgan fingerprint density at radius 1 is 0.958 bits per heavy atom. The van der Waals surface area contributed by atoms with Gasteiger partial charge < -0.3 is 29.7 Å². The Hall–Kier alpha value is -2.16. The average Bonchev–Trinajstić information content (AvgIpc) is 2.55. The van der Waals surface area contributed by atoms with Gasteiger partial charge in [0.05, 0.1) is 19.8 Å². The van der Waals surface area contributed by atoms with E-state index in [1.165, 1.54) is 5.56 Å². The van der Waals surface area contributed by atoms with Crippen molar-refractivity contribution in [2.45, 2.75) is 6.92 Å². The van der Waals surface area contributed by atoms with E-state index in [1.807, 2.05) is 24.3 Å². The Labute approximate surface area is 141 Å². The van der Waals surface area contributed by atoms with E-state index in [9.17, 15) is 0 Å². The van der Waals surface area contributed by atoms with E-state index in [4.69, 9.17) is 34.0 Å². The number of carboxylic acid groups (broad SMARTS) is 2. The van der Waals surface area contributed by atoms with Crippen molar-refractivity contribution in [3.8, 4) is 5.75 Å². The van der Waals surface area contributed by atoms with Gasteiger partial charge in [-0.05, 0) is 19.1 Å². The summed E-state index contributed by atoms with van der Waals surface area (Å²) in [6.07, 6.45) is 0. The minimum absolute atomic E-state index is 0.584. The molecule has 1 aromatic carbocycles. The Bertz CT molecular complexity index is 450. The fraction of sp³-hybridized carbons (Fsp3) is 0.500. The Morgan fingerprint density at radius 2 is 1.54 bits per heavy atom. The van der Waals surface area contributed by atoms with E-state index in [0.29, 0.717) is 19.8 Å². The number of aryl methyl sites for hydroxylation is 1. The molecule has 0 aliphatic carbocycles. The van der Waals surface area contributed by atoms with E-state index < -0.39 is 11.9 Å². The zero-order valence-electron chi connectivity index (χ0n) is 14.0. The monoisotopic (exact) mass is 343 g/mol. The van der Waals surface area contributed by atoms with E-state index in [-0.39, 0.29) is 0 Å². The molecule has 24 heavy (non-hydrogen) atoms. The minimum atomic E-state index is -1.82. The number of benzene rings is 1. The summed E-state index contributed by atoms with van der Waals surface area (Å²) < 4.78 is 15.9. The molecule has 0 spiro atoms. The second kappa shape index (κ2) is 14.4. The van der Waals surface area contributed by atoms with Crippen molar-refractivity contribution in [1.29, 1.82) is 0 Å². The molecule has 3 N–H and O–H groups in total. The second-order valence-electron chi connectivity index (χ2n) is 4.63. The fourth-order valence-corrected chi connectivity index (χ4v) is 1.40. The van der Waals surface area contributed by atoms with Crippen LogP contribution in [0.4, 0.5) is 0 Å². The Morgan fingerprint density at radius 3 is 2.08 bits per heavy atom. The average molecular weight is 343 g/mol. The van der Waals surface area contributed by atoms with Crippen LogP contribution in [0.2, 0.25) is 0 Å². The Kier molecular flexibility index (Phi) is 13.1. The SMILES string of the molecule is COCCNCCOCCOc1ccc(C)cc1.O=C(O)C(=O)O. The van der Waals surface area contributed by atoms with Crippen LogP contribution in [-0.2, 0) is 19.1 Å². The van der Waals surface area contributed by atoms with Crippen LogP contribution in [-0.4, -0.2) is 68.8 Å². The summed E-state index contributed by atoms with van der Waals surface area (Å²) in [6.45, 7) is 6.38. The van der Waals surface area contributed by atoms with Crippen LogP contribution in [0.1, 0.15) is 5.56 Å². The predicted octanol–water partition coefficient (Wildman–Crippen LogP) is 0.782. The molecular formula is C16H25NO7. The van der Waals surface area contributed by atoms with Crippen LogP contribution in [0.5, 0.6) is 5.75 Å². The Balaban J connectivity index is 0.000000754. The molecule has 136 valence electrons. The number of hydrogen-bond donors (Lipinski definition) is 3. The van der Waals surface area contributed by atoms with Crippen LogP contribution in [0.3, 0.4) is 0 Å². The molecule has 8 heteroatoms. The molecule has 0 saturated carbocycles. The van der Waals surface area contributed by atoms with Gasteiger partial charge in [-0.25, -0.2) is 9.59 Å². The third kappa shape index (κ3) is 13.5. The number of aliphatic carboxylic acids is 2. The molecule has 0 atom stereocenters. The van der Waals surface area contributed by atoms with Gasteiger partial charge in [0.1, 0.15) is 12.4 Å². The van der Waals surface area contributed by atoms with E-state index in [0.717, 1.165) is 25.4 Å². The molecule has 0 aliphatic rings. The quantitative estimate of drug-likeness (QED) is 0.422. The molecule has 8 nitrogen and oxygen atoms in total. The topological polar surface area (TPSA) is 114 Å². The standard InChI is InChI=1S/C14H23NO3.C2H2O4/c1-13-3-5-14(6-4-13)18-12-11-17-10-8-15-7-9-16-2;3-1(4)2(5)6/h3-6,15H,7-12H2,1-2H3;(H,3,4)(H,5,6). The number of rotatable bonds is 10. The number of nitrogens with one attached hydrogen (secondary N) is 1. The zero-order chi connectivity index (χ0) is 18.2. The first-order chi connectivity index (χ1) is 11.5. The molecule has 0 bridgehead atoms. The molecule has 0 aromatic heterocycles. The number of methoxy groups -OCH3 is 1. The van der Waals surface area contributed by atoms with Crippen LogP contribution in [0.25, 0.3) is 0 Å². The molecule has 0 unspecified atom stereocenters. The number of hydrogen-bond acceptors (Lipinski definition) is 6. The van der Waals surface area contributed by atoms with Crippen molar-refractivity contribution < 1.29 is 34.0 Å². The normalized spacial score (nSPS) is 9.75. The maximum atomic E-state index is 9.10. The van der Waals surface area contributed by atoms with Crippen LogP contribution < -0.4 is 10.1 Å². The smallest absolute Gasteiger partial charge is 0.414 e. The summed E-state index contributed by atoms with van der Waals surface area (Å²) in [5.41, 5.74) is 1.24. The van der Waals surface area contributed by atoms with Crippen molar-refractivity contribution in [2.24, 2.45) is 0 Å². The predicted molar refractivity (Wildman–Crippen MR) is 87.5 cm³/mol. The third-order valence-corrected chi connectivity index (χ3v) is 2.61. The summed E-state index contributed by atoms with van der Waals surface area (Å²) >= 11 is 0. The summed E-state index contributed by atoms with van der Waals surface area (Å²) in [5, 5.41) is 18.0. The highest BCUT2D eigenvalue weighted by Gasteiger charge is 2.04. The van der Waals surface area contributed by atoms with Gasteiger partial charge in [0, 0.05) is 20.2 Å². The molecule has 0 saturated heterocycles. The van der Waals surface area contributed by atoms with E-state index >= 15 is 0 Å². The maximum Gasteiger partial charge on any atom is 0.414 e. The molecule has 0 heterocycles. The van der Waals surface area contributed by atoms with E-state index in [2.05, 4.69) is 12.2 Å². The number of carbonyl (C=O) groups is 2. The van der Waals surface area contributed by atoms with Crippen molar-refractivity contribution >= 4 is 11.9 Å². The third-order valence-electron chi connectivity index (χ3n) is 2.61. The van der Waals surface area contributed by atoms with Gasteiger partial charge in [0.15, 0.2) is 0 Å². The first-order valence-corrected chi connectivity index (χ1v) is 7.40. The molecule has 0 fully saturated rings. The molecule has 1 aromatic rings. The van der Waals surface area contributed by atoms with Crippen molar-refractivity contribution in [1.82, 2.24) is 5.32 Å². The van der Waals surface area contributed by atoms with Crippen molar-refractivity contribution in [3.05, 3.63) is 29.8 Å². The van der Waals surface area contributed by atoms with Gasteiger partial charge in [-0.2, -0.15) is 0 Å². The summed E-state index contributed by atoms with van der Waals surface area (Å²) in [4.78, 5) is 18.2. The highest BCUT2D eigenvalue weighted by atomic mass is 16.5. The van der Waals surface area contributed by atoms with Gasteiger partial charge in [-0.3, -0.25) is 0 Å². The number of ether oxygens (including phenoxy) is 3. The maximum absolute atomic E-state index is 9.10. The largest absolute Gasteiger partial charge is 0.491 e. The highest BCUT2D eigenvalue weighted by Crippen LogP contribution is 2.10. The molecular weight excluding hydrogens is 318 g/mol. The van der Waals surface area contributed by atoms with Gasteiger partial charge in [-0.1, -0.05) is 17.7 Å². The lowest BCUT2D eigenvalue weighted by atomic mass is 10.2. The van der Waals surface area contributed by atoms with Crippen LogP contribution in [0.15, 0.2) is 24.3 Å². The van der Waals surface area contributed by atoms with Gasteiger partial charge in [0.25, 0.3) is 0 Å². The van der Waals surface area contributed by atoms with Gasteiger partial charge in [-0.15, -0.1) is 0 Å². The lowest BCUT2D eigenvalue weighted by molar-refractivity contribution is -0.159. The summed E-state index contributed by atoms with van der Waals surface area (Å²) in [6, 6.07) is 8.02. The lowest BCUT2D eigenvalue weighted by Gasteiger charge is -2.08. The first-order valence-electron chi connectivity index (χ1n) is 7.40. The summed E-state index contributed by atoms with van der Waals surface area (Å²) in [5.74, 6) is -2.76. The first kappa shape index (κ1) is 21.8. The van der Waals surface area contributed by atoms with Crippen molar-refractivity contribution in [3.63, 3.8) is 0 Å².